The molecule has 0 atom stereocenters. The van der Waals surface area contributed by atoms with Crippen molar-refractivity contribution < 1.29 is 4.79 Å². The molecule has 0 saturated heterocycles. The maximum absolute atomic E-state index is 9.17. The summed E-state index contributed by atoms with van der Waals surface area (Å²) in [6, 6.07) is 17.9. The lowest BCUT2D eigenvalue weighted by atomic mass is 9.86. The predicted molar refractivity (Wildman–Crippen MR) is 129 cm³/mol. The van der Waals surface area contributed by atoms with E-state index in [1.807, 2.05) is 0 Å². The Morgan fingerprint density at radius 2 is 1.47 bits per heavy atom. The highest BCUT2D eigenvalue weighted by Gasteiger charge is 2.16. The zero-order chi connectivity index (χ0) is 21.8. The second-order valence-electron chi connectivity index (χ2n) is 7.86. The number of hydrogen-bond donors (Lipinski definition) is 0. The number of nitrogens with zero attached hydrogens (tertiary/aromatic N) is 2. The molecule has 158 valence electrons. The van der Waals surface area contributed by atoms with E-state index in [-0.39, 0.29) is 0 Å². The monoisotopic (exact) mass is 400 g/mol. The summed E-state index contributed by atoms with van der Waals surface area (Å²) in [7, 11) is 0. The minimum absolute atomic E-state index is 0.779. The second-order valence-corrected chi connectivity index (χ2v) is 7.86. The number of hydrogen-bond acceptors (Lipinski definition) is 0. The van der Waals surface area contributed by atoms with Gasteiger partial charge in [0.05, 0.1) is 5.57 Å². The molecule has 0 amide bonds. The van der Waals surface area contributed by atoms with Crippen LogP contribution in [0.15, 0.2) is 59.7 Å². The molecule has 0 saturated carbocycles. The molecule has 30 heavy (non-hydrogen) atoms. The Balaban J connectivity index is 2.65. The Hall–Kier alpha value is -2.66. The number of rotatable bonds is 11. The third-order valence-corrected chi connectivity index (χ3v) is 5.65. The Kier molecular flexibility index (Phi) is 10.1. The normalized spacial score (nSPS) is 11.5. The zero-order valence-electron chi connectivity index (χ0n) is 19.2. The van der Waals surface area contributed by atoms with Crippen molar-refractivity contribution >= 4 is 11.4 Å². The van der Waals surface area contributed by atoms with Gasteiger partial charge in [-0.1, -0.05) is 89.1 Å². The van der Waals surface area contributed by atoms with Crippen LogP contribution in [0.1, 0.15) is 88.5 Å². The molecule has 0 aliphatic carbocycles. The predicted octanol–water partition coefficient (Wildman–Crippen LogP) is 7.82. The van der Waals surface area contributed by atoms with Gasteiger partial charge in [0.1, 0.15) is 0 Å². The summed E-state index contributed by atoms with van der Waals surface area (Å²) in [4.78, 5) is 3.23. The van der Waals surface area contributed by atoms with Crippen LogP contribution in [0, 0.1) is 0 Å². The van der Waals surface area contributed by atoms with Gasteiger partial charge in [0.2, 0.25) is 0 Å². The molecule has 0 aromatic heterocycles. The molecular weight excluding hydrogens is 364 g/mol. The zero-order valence-corrected chi connectivity index (χ0v) is 19.2. The molecule has 0 spiro atoms. The van der Waals surface area contributed by atoms with E-state index in [0.29, 0.717) is 0 Å². The van der Waals surface area contributed by atoms with Gasteiger partial charge >= 0.3 is 5.87 Å². The fourth-order valence-corrected chi connectivity index (χ4v) is 3.96. The van der Waals surface area contributed by atoms with E-state index in [9.17, 15) is 0 Å². The highest BCUT2D eigenvalue weighted by atomic mass is 14.8. The molecule has 2 aromatic rings. The molecule has 2 heteroatoms. The Morgan fingerprint density at radius 3 is 2.03 bits per heavy atom. The smallest absolute Gasteiger partial charge is 0.303 e. The fraction of sp³-hybridized carbons (Fsp3) is 0.429. The van der Waals surface area contributed by atoms with E-state index < -0.39 is 0 Å². The SMILES string of the molecule is CCCCc1ccc(C(=C(CC)C(=C=[N+]=[N-])CC)c2cccc(CCCC)c2)cc1. The first-order valence-corrected chi connectivity index (χ1v) is 11.6. The third-order valence-electron chi connectivity index (χ3n) is 5.65. The van der Waals surface area contributed by atoms with Crippen molar-refractivity contribution in [1.29, 1.82) is 0 Å². The summed E-state index contributed by atoms with van der Waals surface area (Å²) < 4.78 is 0. The van der Waals surface area contributed by atoms with Crippen molar-refractivity contribution in [3.05, 3.63) is 87.5 Å². The van der Waals surface area contributed by atoms with Gasteiger partial charge in [-0.2, -0.15) is 0 Å². The topological polar surface area (TPSA) is 36.4 Å². The molecular formula is C28H36N2. The summed E-state index contributed by atoms with van der Waals surface area (Å²) in [6.07, 6.45) is 8.69. The van der Waals surface area contributed by atoms with E-state index in [0.717, 1.165) is 31.3 Å². The quantitative estimate of drug-likeness (QED) is 0.159. The van der Waals surface area contributed by atoms with Gasteiger partial charge in [-0.15, -0.1) is 4.79 Å². The molecule has 2 nitrogen and oxygen atoms in total. The van der Waals surface area contributed by atoms with Gasteiger partial charge in [0.15, 0.2) is 0 Å². The number of allylic oxidation sites excluding steroid dienone is 2. The molecule has 0 heterocycles. The summed E-state index contributed by atoms with van der Waals surface area (Å²) in [5, 5.41) is 0. The van der Waals surface area contributed by atoms with Crippen molar-refractivity contribution in [3.8, 4) is 0 Å². The first-order chi connectivity index (χ1) is 14.7. The first kappa shape index (κ1) is 23.6. The molecule has 0 aliphatic rings. The first-order valence-electron chi connectivity index (χ1n) is 11.6. The van der Waals surface area contributed by atoms with E-state index in [2.05, 4.69) is 86.9 Å². The van der Waals surface area contributed by atoms with E-state index in [4.69, 9.17) is 5.53 Å². The summed E-state index contributed by atoms with van der Waals surface area (Å²) >= 11 is 0. The number of benzene rings is 2. The van der Waals surface area contributed by atoms with Crippen LogP contribution in [0.4, 0.5) is 0 Å². The van der Waals surface area contributed by atoms with Crippen LogP contribution in [0.3, 0.4) is 0 Å². The molecule has 0 bridgehead atoms. The van der Waals surface area contributed by atoms with Crippen molar-refractivity contribution in [2.45, 2.75) is 79.1 Å². The van der Waals surface area contributed by atoms with E-state index >= 15 is 0 Å². The lowest BCUT2D eigenvalue weighted by Crippen LogP contribution is -2.00. The average Bonchev–Trinajstić information content (AvgIpc) is 2.79. The van der Waals surface area contributed by atoms with Crippen LogP contribution in [0.25, 0.3) is 11.1 Å². The summed E-state index contributed by atoms with van der Waals surface area (Å²) in [6.45, 7) is 8.72. The van der Waals surface area contributed by atoms with Crippen molar-refractivity contribution in [2.75, 3.05) is 0 Å². The van der Waals surface area contributed by atoms with Crippen LogP contribution in [0.2, 0.25) is 0 Å². The van der Waals surface area contributed by atoms with Crippen LogP contribution in [-0.4, -0.2) is 10.7 Å². The highest BCUT2D eigenvalue weighted by molar-refractivity contribution is 5.87. The molecule has 0 unspecified atom stereocenters. The Labute approximate surface area is 183 Å². The van der Waals surface area contributed by atoms with Crippen LogP contribution < -0.4 is 0 Å². The maximum Gasteiger partial charge on any atom is 0.303 e. The summed E-state index contributed by atoms with van der Waals surface area (Å²) in [5.74, 6) is 2.83. The van der Waals surface area contributed by atoms with Crippen molar-refractivity contribution in [3.63, 3.8) is 0 Å². The molecule has 2 rings (SSSR count). The average molecular weight is 401 g/mol. The molecule has 0 fully saturated rings. The lowest BCUT2D eigenvalue weighted by molar-refractivity contribution is 0.00743. The molecule has 0 radical (unpaired) electrons. The minimum Gasteiger partial charge on any atom is -0.348 e. The van der Waals surface area contributed by atoms with Crippen LogP contribution >= 0.6 is 0 Å². The minimum atomic E-state index is 0.779. The van der Waals surface area contributed by atoms with Crippen molar-refractivity contribution in [1.82, 2.24) is 0 Å². The maximum atomic E-state index is 9.17. The van der Waals surface area contributed by atoms with Gasteiger partial charge in [-0.25, -0.2) is 0 Å². The lowest BCUT2D eigenvalue weighted by Gasteiger charge is -2.17. The standard InChI is InChI=1S/C28H36N2/c1-5-9-12-22-16-18-25(19-17-22)28(27(8-4)24(7-3)21-30-29)26-15-11-14-23(20-26)13-10-6-2/h11,14-20H,5-10,12-13H2,1-4H3. The van der Waals surface area contributed by atoms with Crippen LogP contribution in [-0.2, 0) is 12.8 Å². The third kappa shape index (κ3) is 6.42. The molecule has 0 N–H and O–H groups in total. The second kappa shape index (κ2) is 12.8. The van der Waals surface area contributed by atoms with Crippen LogP contribution in [0.5, 0.6) is 0 Å². The number of aryl methyl sites for hydroxylation is 2. The van der Waals surface area contributed by atoms with Gasteiger partial charge in [-0.3, -0.25) is 0 Å². The van der Waals surface area contributed by atoms with E-state index in [1.54, 1.807) is 0 Å². The van der Waals surface area contributed by atoms with Gasteiger partial charge in [0, 0.05) is 0 Å². The van der Waals surface area contributed by atoms with Gasteiger partial charge < -0.3 is 5.53 Å². The fourth-order valence-electron chi connectivity index (χ4n) is 3.96. The van der Waals surface area contributed by atoms with E-state index in [1.165, 1.54) is 59.1 Å². The molecule has 0 aliphatic heterocycles. The number of unbranched alkanes of at least 4 members (excludes halogenated alkanes) is 2. The largest absolute Gasteiger partial charge is 0.348 e. The molecule has 2 aromatic carbocycles. The summed E-state index contributed by atoms with van der Waals surface area (Å²) in [5.41, 5.74) is 17.8. The van der Waals surface area contributed by atoms with Gasteiger partial charge in [-0.05, 0) is 71.9 Å². The van der Waals surface area contributed by atoms with Crippen molar-refractivity contribution in [2.24, 2.45) is 0 Å². The van der Waals surface area contributed by atoms with Gasteiger partial charge in [0.25, 0.3) is 0 Å². The highest BCUT2D eigenvalue weighted by Crippen LogP contribution is 2.33. The Bertz CT molecular complexity index is 921. The Morgan fingerprint density at radius 1 is 0.800 bits per heavy atom.